The van der Waals surface area contributed by atoms with Gasteiger partial charge >= 0.3 is 0 Å². The number of aliphatic hydroxyl groups excluding tert-OH is 1. The Balaban J connectivity index is 2.60. The zero-order valence-corrected chi connectivity index (χ0v) is 9.07. The summed E-state index contributed by atoms with van der Waals surface area (Å²) in [5.74, 6) is 1.05. The van der Waals surface area contributed by atoms with Gasteiger partial charge in [0.1, 0.15) is 6.10 Å². The molecular formula is C11H18N2O. The molecule has 0 aliphatic rings. The summed E-state index contributed by atoms with van der Waals surface area (Å²) in [5, 5.41) is 9.79. The van der Waals surface area contributed by atoms with Crippen molar-refractivity contribution in [1.29, 1.82) is 0 Å². The van der Waals surface area contributed by atoms with Crippen LogP contribution in [0.3, 0.4) is 0 Å². The second-order valence-electron chi connectivity index (χ2n) is 3.88. The van der Waals surface area contributed by atoms with Crippen molar-refractivity contribution in [2.75, 3.05) is 0 Å². The lowest BCUT2D eigenvalue weighted by Gasteiger charge is -2.13. The lowest BCUT2D eigenvalue weighted by atomic mass is 10.0. The fraction of sp³-hybridized carbons (Fsp3) is 0.636. The predicted molar refractivity (Wildman–Crippen MR) is 55.8 cm³/mol. The molecule has 1 aromatic heterocycles. The van der Waals surface area contributed by atoms with Crippen LogP contribution in [0.25, 0.3) is 0 Å². The molecule has 2 unspecified atom stereocenters. The maximum Gasteiger partial charge on any atom is 0.156 e. The van der Waals surface area contributed by atoms with E-state index in [0.29, 0.717) is 11.7 Å². The van der Waals surface area contributed by atoms with Crippen LogP contribution < -0.4 is 0 Å². The molecule has 0 aliphatic carbocycles. The van der Waals surface area contributed by atoms with Crippen LogP contribution in [0.5, 0.6) is 0 Å². The van der Waals surface area contributed by atoms with Crippen LogP contribution in [-0.2, 0) is 0 Å². The molecule has 78 valence electrons. The highest BCUT2D eigenvalue weighted by molar-refractivity contribution is 5.03. The Kier molecular flexibility index (Phi) is 4.01. The zero-order chi connectivity index (χ0) is 10.6. The van der Waals surface area contributed by atoms with Gasteiger partial charge in [-0.25, -0.2) is 9.97 Å². The number of aromatic nitrogens is 2. The van der Waals surface area contributed by atoms with E-state index in [1.54, 1.807) is 12.4 Å². The molecule has 0 radical (unpaired) electrons. The standard InChI is InChI=1S/C11H18N2O/c1-4-8(2)5-10(14)11-12-6-9(3)7-13-11/h6-8,10,14H,4-5H2,1-3H3. The van der Waals surface area contributed by atoms with Gasteiger partial charge in [0, 0.05) is 12.4 Å². The minimum atomic E-state index is -0.523. The van der Waals surface area contributed by atoms with Gasteiger partial charge in [0.05, 0.1) is 0 Å². The highest BCUT2D eigenvalue weighted by Crippen LogP contribution is 2.19. The first-order valence-electron chi connectivity index (χ1n) is 5.10. The van der Waals surface area contributed by atoms with Gasteiger partial charge in [-0.3, -0.25) is 0 Å². The van der Waals surface area contributed by atoms with Crippen LogP contribution in [0, 0.1) is 12.8 Å². The molecule has 3 heteroatoms. The summed E-state index contributed by atoms with van der Waals surface area (Å²) in [6.07, 6.45) is 4.76. The van der Waals surface area contributed by atoms with Gasteiger partial charge in [0.2, 0.25) is 0 Å². The molecule has 2 atom stereocenters. The second-order valence-corrected chi connectivity index (χ2v) is 3.88. The average molecular weight is 194 g/mol. The molecule has 14 heavy (non-hydrogen) atoms. The molecule has 1 aromatic rings. The lowest BCUT2D eigenvalue weighted by molar-refractivity contribution is 0.137. The van der Waals surface area contributed by atoms with Crippen molar-refractivity contribution in [3.8, 4) is 0 Å². The molecule has 1 N–H and O–H groups in total. The number of rotatable bonds is 4. The smallest absolute Gasteiger partial charge is 0.156 e. The molecule has 3 nitrogen and oxygen atoms in total. The Morgan fingerprint density at radius 2 is 1.93 bits per heavy atom. The fourth-order valence-corrected chi connectivity index (χ4v) is 1.23. The number of nitrogens with zero attached hydrogens (tertiary/aromatic N) is 2. The summed E-state index contributed by atoms with van der Waals surface area (Å²) in [5.41, 5.74) is 1.02. The van der Waals surface area contributed by atoms with E-state index in [1.807, 2.05) is 6.92 Å². The van der Waals surface area contributed by atoms with Gasteiger partial charge in [0.25, 0.3) is 0 Å². The van der Waals surface area contributed by atoms with Crippen molar-refractivity contribution >= 4 is 0 Å². The molecule has 0 saturated heterocycles. The summed E-state index contributed by atoms with van der Waals surface area (Å²) in [7, 11) is 0. The molecular weight excluding hydrogens is 176 g/mol. The largest absolute Gasteiger partial charge is 0.385 e. The van der Waals surface area contributed by atoms with E-state index in [1.165, 1.54) is 0 Å². The molecule has 0 amide bonds. The number of aliphatic hydroxyl groups is 1. The molecule has 0 spiro atoms. The first-order chi connectivity index (χ1) is 6.63. The van der Waals surface area contributed by atoms with E-state index in [9.17, 15) is 5.11 Å². The third kappa shape index (κ3) is 3.07. The lowest BCUT2D eigenvalue weighted by Crippen LogP contribution is -2.07. The minimum absolute atomic E-state index is 0.509. The topological polar surface area (TPSA) is 46.0 Å². The van der Waals surface area contributed by atoms with E-state index >= 15 is 0 Å². The van der Waals surface area contributed by atoms with E-state index in [4.69, 9.17) is 0 Å². The van der Waals surface area contributed by atoms with Gasteiger partial charge < -0.3 is 5.11 Å². The summed E-state index contributed by atoms with van der Waals surface area (Å²) in [6, 6.07) is 0. The number of hydrogen-bond donors (Lipinski definition) is 1. The normalized spacial score (nSPS) is 15.1. The minimum Gasteiger partial charge on any atom is -0.385 e. The van der Waals surface area contributed by atoms with Crippen LogP contribution in [0.2, 0.25) is 0 Å². The Morgan fingerprint density at radius 1 is 1.36 bits per heavy atom. The third-order valence-electron chi connectivity index (χ3n) is 2.42. The third-order valence-corrected chi connectivity index (χ3v) is 2.42. The molecule has 0 bridgehead atoms. The van der Waals surface area contributed by atoms with Crippen LogP contribution in [-0.4, -0.2) is 15.1 Å². The van der Waals surface area contributed by atoms with Gasteiger partial charge in [-0.05, 0) is 24.8 Å². The van der Waals surface area contributed by atoms with E-state index in [2.05, 4.69) is 23.8 Å². The molecule has 1 rings (SSSR count). The fourth-order valence-electron chi connectivity index (χ4n) is 1.23. The molecule has 0 aliphatic heterocycles. The van der Waals surface area contributed by atoms with Crippen LogP contribution >= 0.6 is 0 Å². The summed E-state index contributed by atoms with van der Waals surface area (Å²) in [6.45, 7) is 6.18. The van der Waals surface area contributed by atoms with Gasteiger partial charge in [-0.1, -0.05) is 20.3 Å². The van der Waals surface area contributed by atoms with Crippen molar-refractivity contribution in [1.82, 2.24) is 9.97 Å². The summed E-state index contributed by atoms with van der Waals surface area (Å²) >= 11 is 0. The second kappa shape index (κ2) is 5.05. The first kappa shape index (κ1) is 11.1. The van der Waals surface area contributed by atoms with Gasteiger partial charge in [0.15, 0.2) is 5.82 Å². The summed E-state index contributed by atoms with van der Waals surface area (Å²) in [4.78, 5) is 8.21. The maximum atomic E-state index is 9.79. The number of aryl methyl sites for hydroxylation is 1. The molecule has 0 aromatic carbocycles. The highest BCUT2D eigenvalue weighted by atomic mass is 16.3. The van der Waals surface area contributed by atoms with E-state index in [-0.39, 0.29) is 0 Å². The molecule has 0 saturated carbocycles. The van der Waals surface area contributed by atoms with Crippen LogP contribution in [0.1, 0.15) is 44.2 Å². The average Bonchev–Trinajstić information content (AvgIpc) is 2.18. The Hall–Kier alpha value is -0.960. The Labute approximate surface area is 85.2 Å². The summed E-state index contributed by atoms with van der Waals surface area (Å²) < 4.78 is 0. The van der Waals surface area contributed by atoms with E-state index in [0.717, 1.165) is 18.4 Å². The molecule has 1 heterocycles. The van der Waals surface area contributed by atoms with Gasteiger partial charge in [-0.2, -0.15) is 0 Å². The van der Waals surface area contributed by atoms with Crippen molar-refractivity contribution in [2.24, 2.45) is 5.92 Å². The quantitative estimate of drug-likeness (QED) is 0.799. The Morgan fingerprint density at radius 3 is 2.43 bits per heavy atom. The monoisotopic (exact) mass is 194 g/mol. The zero-order valence-electron chi connectivity index (χ0n) is 9.07. The molecule has 0 fully saturated rings. The van der Waals surface area contributed by atoms with Crippen molar-refractivity contribution in [3.63, 3.8) is 0 Å². The van der Waals surface area contributed by atoms with E-state index < -0.39 is 6.10 Å². The number of hydrogen-bond acceptors (Lipinski definition) is 3. The Bertz CT molecular complexity index is 271. The first-order valence-corrected chi connectivity index (χ1v) is 5.10. The predicted octanol–water partition coefficient (Wildman–Crippen LogP) is 2.25. The SMILES string of the molecule is CCC(C)CC(O)c1ncc(C)cn1. The van der Waals surface area contributed by atoms with Crippen molar-refractivity contribution in [2.45, 2.75) is 39.7 Å². The van der Waals surface area contributed by atoms with Crippen LogP contribution in [0.15, 0.2) is 12.4 Å². The maximum absolute atomic E-state index is 9.79. The highest BCUT2D eigenvalue weighted by Gasteiger charge is 2.13. The van der Waals surface area contributed by atoms with Crippen molar-refractivity contribution < 1.29 is 5.11 Å². The van der Waals surface area contributed by atoms with Crippen molar-refractivity contribution in [3.05, 3.63) is 23.8 Å². The van der Waals surface area contributed by atoms with Gasteiger partial charge in [-0.15, -0.1) is 0 Å². The van der Waals surface area contributed by atoms with Crippen LogP contribution in [0.4, 0.5) is 0 Å².